The fraction of sp³-hybridized carbons (Fsp3) is 0.105. The van der Waals surface area contributed by atoms with Gasteiger partial charge in [0.05, 0.1) is 24.5 Å². The summed E-state index contributed by atoms with van der Waals surface area (Å²) in [6.45, 7) is 2.61. The Hall–Kier alpha value is -2.67. The van der Waals surface area contributed by atoms with Crippen LogP contribution < -0.4 is 0 Å². The van der Waals surface area contributed by atoms with Crippen molar-refractivity contribution in [3.05, 3.63) is 76.0 Å². The van der Waals surface area contributed by atoms with E-state index >= 15 is 0 Å². The molecule has 0 bridgehead atoms. The number of aromatic nitrogens is 4. The highest BCUT2D eigenvalue weighted by atomic mass is 79.9. The third kappa shape index (κ3) is 3.10. The Bertz CT molecular complexity index is 1080. The standard InChI is InChI=1S/C19H13BrF2N4/c1-11-7-13(20)6-5-12(11)9-26-10-17-16(8-23-26)24-19(25-17)14-3-2-4-15(21)18(14)22/h2-8,10H,9H2,1H3. The third-order valence-electron chi connectivity index (χ3n) is 4.14. The molecule has 4 nitrogen and oxygen atoms in total. The molecule has 0 saturated carbocycles. The van der Waals surface area contributed by atoms with Gasteiger partial charge in [0.1, 0.15) is 11.4 Å². The van der Waals surface area contributed by atoms with Gasteiger partial charge in [-0.2, -0.15) is 5.10 Å². The molecular formula is C19H13BrF2N4. The average Bonchev–Trinajstić information content (AvgIpc) is 3.03. The Balaban J connectivity index is 1.70. The topological polar surface area (TPSA) is 43.6 Å². The predicted molar refractivity (Wildman–Crippen MR) is 97.8 cm³/mol. The van der Waals surface area contributed by atoms with Gasteiger partial charge in [-0.15, -0.1) is 0 Å². The molecule has 0 atom stereocenters. The average molecular weight is 415 g/mol. The van der Waals surface area contributed by atoms with E-state index in [9.17, 15) is 8.78 Å². The van der Waals surface area contributed by atoms with E-state index in [1.165, 1.54) is 12.1 Å². The molecule has 0 aromatic heterocycles. The van der Waals surface area contributed by atoms with Gasteiger partial charge in [-0.1, -0.05) is 28.1 Å². The molecule has 0 spiro atoms. The molecule has 0 N–H and O–H groups in total. The summed E-state index contributed by atoms with van der Waals surface area (Å²) >= 11 is 3.45. The molecular weight excluding hydrogens is 402 g/mol. The maximum absolute atomic E-state index is 14.0. The minimum atomic E-state index is -0.950. The van der Waals surface area contributed by atoms with Gasteiger partial charge in [0.15, 0.2) is 17.5 Å². The lowest BCUT2D eigenvalue weighted by atomic mass is 10.1. The zero-order valence-corrected chi connectivity index (χ0v) is 15.3. The van der Waals surface area contributed by atoms with Crippen molar-refractivity contribution in [2.24, 2.45) is 0 Å². The molecule has 0 amide bonds. The zero-order valence-electron chi connectivity index (χ0n) is 13.7. The molecule has 2 aliphatic rings. The highest BCUT2D eigenvalue weighted by Gasteiger charge is 2.18. The van der Waals surface area contributed by atoms with Crippen molar-refractivity contribution in [1.29, 1.82) is 0 Å². The van der Waals surface area contributed by atoms with Gasteiger partial charge < -0.3 is 0 Å². The Kier molecular flexibility index (Phi) is 4.24. The van der Waals surface area contributed by atoms with Gasteiger partial charge in [-0.05, 0) is 42.3 Å². The molecule has 0 unspecified atom stereocenters. The quantitative estimate of drug-likeness (QED) is 0.481. The summed E-state index contributed by atoms with van der Waals surface area (Å²) in [7, 11) is 0. The van der Waals surface area contributed by atoms with Crippen LogP contribution in [0.15, 0.2) is 53.3 Å². The number of aryl methyl sites for hydroxylation is 1. The van der Waals surface area contributed by atoms with Crippen LogP contribution >= 0.6 is 15.9 Å². The first-order valence-corrected chi connectivity index (χ1v) is 8.70. The molecule has 2 aromatic rings. The molecule has 0 fully saturated rings. The fourth-order valence-electron chi connectivity index (χ4n) is 2.76. The van der Waals surface area contributed by atoms with Crippen molar-refractivity contribution in [2.75, 3.05) is 0 Å². The lowest BCUT2D eigenvalue weighted by Gasteiger charge is -2.09. The van der Waals surface area contributed by atoms with Crippen LogP contribution in [0.25, 0.3) is 22.8 Å². The van der Waals surface area contributed by atoms with Crippen molar-refractivity contribution >= 4 is 15.9 Å². The number of halogens is 3. The maximum atomic E-state index is 14.0. The zero-order chi connectivity index (χ0) is 18.3. The second kappa shape index (κ2) is 6.57. The lowest BCUT2D eigenvalue weighted by Crippen LogP contribution is -2.06. The van der Waals surface area contributed by atoms with Gasteiger partial charge in [0.2, 0.25) is 0 Å². The van der Waals surface area contributed by atoms with E-state index in [1.807, 2.05) is 25.1 Å². The number of hydrogen-bond acceptors (Lipinski definition) is 3. The van der Waals surface area contributed by atoms with Gasteiger partial charge >= 0.3 is 0 Å². The second-order valence-electron chi connectivity index (χ2n) is 5.96. The smallest absolute Gasteiger partial charge is 0.169 e. The van der Waals surface area contributed by atoms with E-state index in [0.717, 1.165) is 21.7 Å². The summed E-state index contributed by atoms with van der Waals surface area (Å²) < 4.78 is 30.2. The van der Waals surface area contributed by atoms with Crippen molar-refractivity contribution in [3.8, 4) is 22.8 Å². The van der Waals surface area contributed by atoms with E-state index in [4.69, 9.17) is 0 Å². The number of fused-ring (bicyclic) bond motifs is 1. The first kappa shape index (κ1) is 16.8. The first-order chi connectivity index (χ1) is 12.5. The van der Waals surface area contributed by atoms with Crippen molar-refractivity contribution in [3.63, 3.8) is 0 Å². The molecule has 7 heteroatoms. The van der Waals surface area contributed by atoms with Crippen LogP contribution in [-0.4, -0.2) is 19.7 Å². The van der Waals surface area contributed by atoms with Gasteiger partial charge in [0, 0.05) is 4.47 Å². The summed E-state index contributed by atoms with van der Waals surface area (Å²) in [6.07, 6.45) is 3.34. The van der Waals surface area contributed by atoms with E-state index < -0.39 is 11.6 Å². The predicted octanol–water partition coefficient (Wildman–Crippen LogP) is 4.84. The molecule has 0 radical (unpaired) electrons. The Morgan fingerprint density at radius 3 is 2.69 bits per heavy atom. The van der Waals surface area contributed by atoms with Crippen molar-refractivity contribution < 1.29 is 8.78 Å². The van der Waals surface area contributed by atoms with E-state index in [2.05, 4.69) is 31.0 Å². The Morgan fingerprint density at radius 2 is 1.88 bits per heavy atom. The van der Waals surface area contributed by atoms with Crippen LogP contribution in [-0.2, 0) is 6.54 Å². The number of nitrogens with zero attached hydrogens (tertiary/aromatic N) is 4. The van der Waals surface area contributed by atoms with E-state index in [-0.39, 0.29) is 11.4 Å². The van der Waals surface area contributed by atoms with Crippen LogP contribution in [0.4, 0.5) is 8.78 Å². The van der Waals surface area contributed by atoms with Crippen LogP contribution in [0.1, 0.15) is 11.1 Å². The first-order valence-electron chi connectivity index (χ1n) is 7.91. The molecule has 130 valence electrons. The third-order valence-corrected chi connectivity index (χ3v) is 4.64. The largest absolute Gasteiger partial charge is 0.266 e. The van der Waals surface area contributed by atoms with Crippen molar-refractivity contribution in [2.45, 2.75) is 13.5 Å². The summed E-state index contributed by atoms with van der Waals surface area (Å²) in [5.74, 6) is -1.72. The molecule has 0 saturated heterocycles. The molecule has 2 heterocycles. The summed E-state index contributed by atoms with van der Waals surface area (Å²) in [5, 5.41) is 4.35. The second-order valence-corrected chi connectivity index (χ2v) is 6.88. The SMILES string of the molecule is Cc1cc(Br)ccc1Cn1cc2nc(-c3cccc(F)c3F)nc-2cn1. The van der Waals surface area contributed by atoms with E-state index in [1.54, 1.807) is 17.1 Å². The normalized spacial score (nSPS) is 11.2. The maximum Gasteiger partial charge on any atom is 0.169 e. The van der Waals surface area contributed by atoms with Crippen LogP contribution in [0.2, 0.25) is 0 Å². The molecule has 26 heavy (non-hydrogen) atoms. The monoisotopic (exact) mass is 414 g/mol. The van der Waals surface area contributed by atoms with E-state index in [0.29, 0.717) is 17.9 Å². The van der Waals surface area contributed by atoms with Crippen LogP contribution in [0, 0.1) is 18.6 Å². The molecule has 0 aliphatic carbocycles. The van der Waals surface area contributed by atoms with Crippen LogP contribution in [0.5, 0.6) is 0 Å². The van der Waals surface area contributed by atoms with Gasteiger partial charge in [-0.25, -0.2) is 18.7 Å². The highest BCUT2D eigenvalue weighted by molar-refractivity contribution is 9.10. The van der Waals surface area contributed by atoms with Crippen LogP contribution in [0.3, 0.4) is 0 Å². The minimum Gasteiger partial charge on any atom is -0.266 e. The summed E-state index contributed by atoms with van der Waals surface area (Å²) in [5.41, 5.74) is 3.42. The number of rotatable bonds is 3. The van der Waals surface area contributed by atoms with Gasteiger partial charge in [0.25, 0.3) is 0 Å². The van der Waals surface area contributed by atoms with Crippen molar-refractivity contribution in [1.82, 2.24) is 19.7 Å². The Morgan fingerprint density at radius 1 is 1.08 bits per heavy atom. The summed E-state index contributed by atoms with van der Waals surface area (Å²) in [4.78, 5) is 8.60. The number of benzene rings is 2. The lowest BCUT2D eigenvalue weighted by molar-refractivity contribution is 0.510. The molecule has 2 aliphatic heterocycles. The number of hydrogen-bond donors (Lipinski definition) is 0. The molecule has 4 rings (SSSR count). The molecule has 2 aromatic carbocycles. The fourth-order valence-corrected chi connectivity index (χ4v) is 3.23. The van der Waals surface area contributed by atoms with Gasteiger partial charge in [-0.3, -0.25) is 4.68 Å². The number of imidazole rings is 1. The highest BCUT2D eigenvalue weighted by Crippen LogP contribution is 2.27. The summed E-state index contributed by atoms with van der Waals surface area (Å²) in [6, 6.07) is 10.0. The Labute approximate surface area is 157 Å². The minimum absolute atomic E-state index is 0.0384.